The van der Waals surface area contributed by atoms with Crippen molar-refractivity contribution < 1.29 is 42.7 Å². The number of methoxy groups -OCH3 is 4. The highest BCUT2D eigenvalue weighted by Crippen LogP contribution is 2.24. The van der Waals surface area contributed by atoms with Gasteiger partial charge in [-0.25, -0.2) is 9.59 Å². The zero-order valence-corrected chi connectivity index (χ0v) is 21.0. The monoisotopic (exact) mass is 536 g/mol. The van der Waals surface area contributed by atoms with Crippen LogP contribution in [0.15, 0.2) is 48.5 Å². The summed E-state index contributed by atoms with van der Waals surface area (Å²) in [5.74, 6) is -0.578. The van der Waals surface area contributed by atoms with Gasteiger partial charge in [-0.15, -0.1) is 29.9 Å². The predicted molar refractivity (Wildman–Crippen MR) is 129 cm³/mol. The summed E-state index contributed by atoms with van der Waals surface area (Å²) in [6.07, 6.45) is 0. The van der Waals surface area contributed by atoms with E-state index in [2.05, 4.69) is 29.9 Å². The molecule has 0 fully saturated rings. The molecular formula is C24H20N6O9. The molecule has 2 aromatic carbocycles. The first-order valence-corrected chi connectivity index (χ1v) is 10.9. The Bertz CT molecular complexity index is 1310. The lowest BCUT2D eigenvalue weighted by Gasteiger charge is -2.08. The molecule has 2 heterocycles. The van der Waals surface area contributed by atoms with Gasteiger partial charge in [0, 0.05) is 0 Å². The number of esters is 2. The smallest absolute Gasteiger partial charge is 0.345 e. The molecule has 200 valence electrons. The highest BCUT2D eigenvalue weighted by molar-refractivity contribution is 5.91. The molecule has 15 heteroatoms. The SMILES string of the molecule is COc1nc(OC)nc(OC(=O)c2ccc(Oc3ccc(C(=O)Oc4nc(OC)nc(OC)n4)cc3)cc2)n1. The molecule has 15 nitrogen and oxygen atoms in total. The quantitative estimate of drug-likeness (QED) is 0.270. The van der Waals surface area contributed by atoms with Crippen molar-refractivity contribution >= 4 is 11.9 Å². The fraction of sp³-hybridized carbons (Fsp3) is 0.167. The van der Waals surface area contributed by atoms with Crippen LogP contribution in [-0.2, 0) is 0 Å². The zero-order chi connectivity index (χ0) is 27.8. The summed E-state index contributed by atoms with van der Waals surface area (Å²) in [7, 11) is 5.41. The van der Waals surface area contributed by atoms with Gasteiger partial charge in [0.25, 0.3) is 0 Å². The minimum atomic E-state index is -0.715. The van der Waals surface area contributed by atoms with E-state index in [-0.39, 0.29) is 47.2 Å². The van der Waals surface area contributed by atoms with Gasteiger partial charge in [-0.1, -0.05) is 0 Å². The Kier molecular flexibility index (Phi) is 8.20. The second kappa shape index (κ2) is 12.1. The molecule has 4 aromatic rings. The normalized spacial score (nSPS) is 10.3. The van der Waals surface area contributed by atoms with Crippen LogP contribution in [0.4, 0.5) is 0 Å². The van der Waals surface area contributed by atoms with E-state index in [1.165, 1.54) is 52.7 Å². The molecule has 0 bridgehead atoms. The molecule has 0 N–H and O–H groups in total. The van der Waals surface area contributed by atoms with Gasteiger partial charge in [0.05, 0.1) is 39.6 Å². The van der Waals surface area contributed by atoms with Gasteiger partial charge < -0.3 is 33.2 Å². The number of ether oxygens (including phenoxy) is 7. The summed E-state index contributed by atoms with van der Waals surface area (Å²) in [5, 5.41) is 0. The third-order valence-corrected chi connectivity index (χ3v) is 4.66. The minimum absolute atomic E-state index is 0.0705. The number of benzene rings is 2. The summed E-state index contributed by atoms with van der Waals surface area (Å²) in [6.45, 7) is 0. The minimum Gasteiger partial charge on any atom is -0.467 e. The molecule has 39 heavy (non-hydrogen) atoms. The lowest BCUT2D eigenvalue weighted by atomic mass is 10.2. The topological polar surface area (TPSA) is 176 Å². The predicted octanol–water partition coefficient (Wildman–Crippen LogP) is 2.32. The van der Waals surface area contributed by atoms with E-state index in [4.69, 9.17) is 33.2 Å². The fourth-order valence-corrected chi connectivity index (χ4v) is 2.84. The van der Waals surface area contributed by atoms with Gasteiger partial charge in [-0.2, -0.15) is 0 Å². The Morgan fingerprint density at radius 3 is 1.03 bits per heavy atom. The number of nitrogens with zero attached hydrogens (tertiary/aromatic N) is 6. The van der Waals surface area contributed by atoms with Crippen LogP contribution in [0.3, 0.4) is 0 Å². The summed E-state index contributed by atoms with van der Waals surface area (Å²) >= 11 is 0. The van der Waals surface area contributed by atoms with E-state index in [9.17, 15) is 9.59 Å². The lowest BCUT2D eigenvalue weighted by molar-refractivity contribution is 0.0705. The van der Waals surface area contributed by atoms with Crippen LogP contribution in [0.5, 0.6) is 47.6 Å². The maximum absolute atomic E-state index is 12.5. The average molecular weight is 536 g/mol. The third kappa shape index (κ3) is 6.79. The van der Waals surface area contributed by atoms with Crippen LogP contribution in [0.1, 0.15) is 20.7 Å². The Hall–Kier alpha value is -5.60. The standard InChI is InChI=1S/C24H20N6O9/c1-33-19-25-20(34-2)28-23(27-19)38-17(31)13-5-9-15(10-6-13)37-16-11-7-14(8-12-16)18(32)39-24-29-21(35-3)26-22(30-24)36-4/h5-12H,1-4H3. The molecule has 0 aliphatic rings. The van der Waals surface area contributed by atoms with Crippen molar-refractivity contribution in [2.45, 2.75) is 0 Å². The molecule has 2 aromatic heterocycles. The molecule has 0 aliphatic carbocycles. The van der Waals surface area contributed by atoms with Gasteiger partial charge in [0.1, 0.15) is 11.5 Å². The Balaban J connectivity index is 1.37. The van der Waals surface area contributed by atoms with Crippen molar-refractivity contribution in [2.75, 3.05) is 28.4 Å². The van der Waals surface area contributed by atoms with Crippen LogP contribution in [-0.4, -0.2) is 70.3 Å². The number of hydrogen-bond acceptors (Lipinski definition) is 15. The van der Waals surface area contributed by atoms with E-state index in [0.29, 0.717) is 11.5 Å². The van der Waals surface area contributed by atoms with Crippen LogP contribution in [0.25, 0.3) is 0 Å². The Morgan fingerprint density at radius 1 is 0.462 bits per heavy atom. The third-order valence-electron chi connectivity index (χ3n) is 4.66. The number of carbonyl (C=O) groups is 2. The van der Waals surface area contributed by atoms with Crippen LogP contribution < -0.4 is 33.2 Å². The maximum atomic E-state index is 12.5. The second-order valence-electron chi connectivity index (χ2n) is 7.11. The molecule has 0 atom stereocenters. The molecule has 0 saturated carbocycles. The Morgan fingerprint density at radius 2 is 0.744 bits per heavy atom. The molecule has 0 saturated heterocycles. The van der Waals surface area contributed by atoms with Crippen molar-refractivity contribution in [1.29, 1.82) is 0 Å². The Labute approximate surface area is 220 Å². The molecule has 0 aliphatic heterocycles. The number of aromatic nitrogens is 6. The van der Waals surface area contributed by atoms with Crippen molar-refractivity contribution in [1.82, 2.24) is 29.9 Å². The number of carbonyl (C=O) groups excluding carboxylic acids is 2. The first-order valence-electron chi connectivity index (χ1n) is 10.9. The largest absolute Gasteiger partial charge is 0.467 e. The molecule has 4 rings (SSSR count). The second-order valence-corrected chi connectivity index (χ2v) is 7.11. The molecular weight excluding hydrogens is 516 g/mol. The van der Waals surface area contributed by atoms with Gasteiger partial charge in [0.2, 0.25) is 0 Å². The molecule has 0 radical (unpaired) electrons. The van der Waals surface area contributed by atoms with Crippen molar-refractivity contribution in [2.24, 2.45) is 0 Å². The molecule has 0 amide bonds. The van der Waals surface area contributed by atoms with E-state index in [1.54, 1.807) is 24.3 Å². The molecule has 0 spiro atoms. The zero-order valence-electron chi connectivity index (χ0n) is 21.0. The average Bonchev–Trinajstić information content (AvgIpc) is 2.97. The lowest BCUT2D eigenvalue weighted by Crippen LogP contribution is -2.12. The van der Waals surface area contributed by atoms with E-state index in [0.717, 1.165) is 0 Å². The summed E-state index contributed by atoms with van der Waals surface area (Å²) in [5.41, 5.74) is 0.427. The van der Waals surface area contributed by atoms with Crippen LogP contribution >= 0.6 is 0 Å². The summed E-state index contributed by atoms with van der Waals surface area (Å²) in [4.78, 5) is 48.0. The van der Waals surface area contributed by atoms with Gasteiger partial charge in [-0.05, 0) is 48.5 Å². The van der Waals surface area contributed by atoms with E-state index < -0.39 is 11.9 Å². The van der Waals surface area contributed by atoms with Crippen LogP contribution in [0.2, 0.25) is 0 Å². The van der Waals surface area contributed by atoms with Gasteiger partial charge in [-0.3, -0.25) is 0 Å². The van der Waals surface area contributed by atoms with Crippen LogP contribution in [0, 0.1) is 0 Å². The van der Waals surface area contributed by atoms with Gasteiger partial charge in [0.15, 0.2) is 0 Å². The van der Waals surface area contributed by atoms with Crippen molar-refractivity contribution in [3.63, 3.8) is 0 Å². The first-order chi connectivity index (χ1) is 18.9. The maximum Gasteiger partial charge on any atom is 0.345 e. The first kappa shape index (κ1) is 26.5. The highest BCUT2D eigenvalue weighted by atomic mass is 16.6. The fourth-order valence-electron chi connectivity index (χ4n) is 2.84. The van der Waals surface area contributed by atoms with Gasteiger partial charge >= 0.3 is 48.0 Å². The van der Waals surface area contributed by atoms with Crippen molar-refractivity contribution in [3.8, 4) is 47.6 Å². The molecule has 0 unspecified atom stereocenters. The highest BCUT2D eigenvalue weighted by Gasteiger charge is 2.16. The van der Waals surface area contributed by atoms with E-state index in [1.807, 2.05) is 0 Å². The van der Waals surface area contributed by atoms with E-state index >= 15 is 0 Å². The number of rotatable bonds is 10. The summed E-state index contributed by atoms with van der Waals surface area (Å²) < 4.78 is 35.8. The summed E-state index contributed by atoms with van der Waals surface area (Å²) in [6, 6.07) is 11.4. The van der Waals surface area contributed by atoms with Crippen molar-refractivity contribution in [3.05, 3.63) is 59.7 Å². The number of hydrogen-bond donors (Lipinski definition) is 0.